The Kier molecular flexibility index (Phi) is 2.65. The molecule has 0 amide bonds. The van der Waals surface area contributed by atoms with Crippen molar-refractivity contribution in [1.82, 2.24) is 0 Å². The van der Waals surface area contributed by atoms with Crippen LogP contribution in [0.25, 0.3) is 4.85 Å². The van der Waals surface area contributed by atoms with E-state index in [0.29, 0.717) is 11.3 Å². The third-order valence-corrected chi connectivity index (χ3v) is 1.49. The maximum absolute atomic E-state index is 12.6. The lowest BCUT2D eigenvalue weighted by Gasteiger charge is -2.02. The number of hydrogen-bond acceptors (Lipinski definition) is 1. The minimum atomic E-state index is -0.338. The molecule has 0 heterocycles. The largest absolute Gasteiger partial charge is 0.496 e. The maximum Gasteiger partial charge on any atom is 0.243 e. The Labute approximate surface area is 70.4 Å². The van der Waals surface area contributed by atoms with E-state index in [9.17, 15) is 4.39 Å². The second kappa shape index (κ2) is 3.72. The fraction of sp³-hybridized carbons (Fsp3) is 0.222. The van der Waals surface area contributed by atoms with Crippen molar-refractivity contribution in [2.45, 2.75) is 6.54 Å². The van der Waals surface area contributed by atoms with Gasteiger partial charge in [0.15, 0.2) is 0 Å². The molecule has 2 nitrogen and oxygen atoms in total. The molecule has 0 unspecified atom stereocenters. The first-order valence-corrected chi connectivity index (χ1v) is 3.43. The fourth-order valence-electron chi connectivity index (χ4n) is 0.956. The van der Waals surface area contributed by atoms with Crippen molar-refractivity contribution in [2.75, 3.05) is 7.11 Å². The van der Waals surface area contributed by atoms with Gasteiger partial charge >= 0.3 is 0 Å². The molecule has 0 aliphatic heterocycles. The molecule has 0 bridgehead atoms. The van der Waals surface area contributed by atoms with Gasteiger partial charge in [0.25, 0.3) is 0 Å². The third-order valence-electron chi connectivity index (χ3n) is 1.49. The standard InChI is InChI=1S/C9H8FNO/c1-11-6-7-5-8(10)3-4-9(7)12-2/h3-5H,6H2,2H3. The number of nitrogens with zero attached hydrogens (tertiary/aromatic N) is 1. The second-order valence-corrected chi connectivity index (χ2v) is 2.27. The van der Waals surface area contributed by atoms with Crippen LogP contribution in [0.15, 0.2) is 18.2 Å². The highest BCUT2D eigenvalue weighted by Gasteiger charge is 2.05. The SMILES string of the molecule is [C-]#[N+]Cc1cc(F)ccc1OC. The molecule has 0 N–H and O–H groups in total. The van der Waals surface area contributed by atoms with Gasteiger partial charge in [-0.1, -0.05) is 0 Å². The monoisotopic (exact) mass is 165 g/mol. The zero-order valence-corrected chi connectivity index (χ0v) is 6.67. The summed E-state index contributed by atoms with van der Waals surface area (Å²) in [6, 6.07) is 4.15. The molecule has 62 valence electrons. The van der Waals surface area contributed by atoms with Gasteiger partial charge in [-0.3, -0.25) is 0 Å². The maximum atomic E-state index is 12.6. The van der Waals surface area contributed by atoms with Crippen LogP contribution < -0.4 is 4.74 Å². The lowest BCUT2D eigenvalue weighted by molar-refractivity contribution is 0.409. The van der Waals surface area contributed by atoms with Gasteiger partial charge in [-0.15, -0.1) is 0 Å². The van der Waals surface area contributed by atoms with Crippen molar-refractivity contribution in [3.63, 3.8) is 0 Å². The number of hydrogen-bond donors (Lipinski definition) is 0. The number of ether oxygens (including phenoxy) is 1. The molecule has 1 aromatic rings. The first-order valence-electron chi connectivity index (χ1n) is 3.43. The predicted octanol–water partition coefficient (Wildman–Crippen LogP) is 2.25. The van der Waals surface area contributed by atoms with Crippen LogP contribution in [0, 0.1) is 12.4 Å². The summed E-state index contributed by atoms with van der Waals surface area (Å²) in [5, 5.41) is 0. The van der Waals surface area contributed by atoms with E-state index in [2.05, 4.69) is 4.85 Å². The zero-order valence-electron chi connectivity index (χ0n) is 6.67. The number of methoxy groups -OCH3 is 1. The molecule has 0 aliphatic carbocycles. The molecule has 0 radical (unpaired) electrons. The van der Waals surface area contributed by atoms with Crippen LogP contribution in [-0.4, -0.2) is 7.11 Å². The molecule has 3 heteroatoms. The van der Waals surface area contributed by atoms with Gasteiger partial charge in [0.2, 0.25) is 6.54 Å². The van der Waals surface area contributed by atoms with E-state index in [4.69, 9.17) is 11.3 Å². The lowest BCUT2D eigenvalue weighted by Crippen LogP contribution is -1.90. The average Bonchev–Trinajstić information content (AvgIpc) is 2.05. The Morgan fingerprint density at radius 1 is 1.58 bits per heavy atom. The van der Waals surface area contributed by atoms with E-state index in [-0.39, 0.29) is 12.4 Å². The summed E-state index contributed by atoms with van der Waals surface area (Å²) in [5.41, 5.74) is 0.590. The van der Waals surface area contributed by atoms with Crippen LogP contribution in [0.2, 0.25) is 0 Å². The molecular formula is C9H8FNO. The molecule has 0 atom stereocenters. The fourth-order valence-corrected chi connectivity index (χ4v) is 0.956. The minimum Gasteiger partial charge on any atom is -0.496 e. The highest BCUT2D eigenvalue weighted by Crippen LogP contribution is 2.19. The smallest absolute Gasteiger partial charge is 0.243 e. The molecule has 1 aromatic carbocycles. The van der Waals surface area contributed by atoms with E-state index < -0.39 is 0 Å². The summed E-state index contributed by atoms with van der Waals surface area (Å²) in [4.78, 5) is 3.16. The molecule has 0 saturated carbocycles. The second-order valence-electron chi connectivity index (χ2n) is 2.27. The zero-order chi connectivity index (χ0) is 8.97. The van der Waals surface area contributed by atoms with Crippen molar-refractivity contribution >= 4 is 0 Å². The highest BCUT2D eigenvalue weighted by molar-refractivity contribution is 5.34. The summed E-state index contributed by atoms with van der Waals surface area (Å²) in [7, 11) is 1.50. The number of halogens is 1. The third kappa shape index (κ3) is 1.73. The molecule has 0 saturated heterocycles. The Bertz CT molecular complexity index is 317. The average molecular weight is 165 g/mol. The first kappa shape index (κ1) is 8.54. The van der Waals surface area contributed by atoms with Crippen molar-refractivity contribution in [3.8, 4) is 5.75 Å². The summed E-state index contributed by atoms with van der Waals surface area (Å²) in [6.45, 7) is 6.78. The minimum absolute atomic E-state index is 0.154. The first-order chi connectivity index (χ1) is 5.77. The van der Waals surface area contributed by atoms with Gasteiger partial charge < -0.3 is 9.58 Å². The Morgan fingerprint density at radius 2 is 2.33 bits per heavy atom. The van der Waals surface area contributed by atoms with Gasteiger partial charge in [0, 0.05) is 0 Å². The molecule has 0 fully saturated rings. The summed E-state index contributed by atoms with van der Waals surface area (Å²) in [5.74, 6) is 0.224. The van der Waals surface area contributed by atoms with Crippen LogP contribution in [-0.2, 0) is 6.54 Å². The van der Waals surface area contributed by atoms with E-state index in [0.717, 1.165) is 0 Å². The van der Waals surface area contributed by atoms with Crippen molar-refractivity contribution < 1.29 is 9.13 Å². The normalized spacial score (nSPS) is 9.08. The Balaban J connectivity index is 3.05. The highest BCUT2D eigenvalue weighted by atomic mass is 19.1. The van der Waals surface area contributed by atoms with E-state index in [1.807, 2.05) is 0 Å². The predicted molar refractivity (Wildman–Crippen MR) is 43.3 cm³/mol. The van der Waals surface area contributed by atoms with Crippen LogP contribution in [0.4, 0.5) is 4.39 Å². The van der Waals surface area contributed by atoms with E-state index >= 15 is 0 Å². The lowest BCUT2D eigenvalue weighted by atomic mass is 10.2. The van der Waals surface area contributed by atoms with Gasteiger partial charge in [-0.05, 0) is 18.2 Å². The van der Waals surface area contributed by atoms with E-state index in [1.165, 1.54) is 25.3 Å². The van der Waals surface area contributed by atoms with Gasteiger partial charge in [-0.25, -0.2) is 11.0 Å². The van der Waals surface area contributed by atoms with E-state index in [1.54, 1.807) is 0 Å². The Morgan fingerprint density at radius 3 is 2.92 bits per heavy atom. The Hall–Kier alpha value is -1.56. The summed E-state index contributed by atoms with van der Waals surface area (Å²) < 4.78 is 17.6. The van der Waals surface area contributed by atoms with Crippen molar-refractivity contribution in [1.29, 1.82) is 0 Å². The van der Waals surface area contributed by atoms with Crippen molar-refractivity contribution in [3.05, 3.63) is 41.0 Å². The summed E-state index contributed by atoms with van der Waals surface area (Å²) in [6.07, 6.45) is 0. The van der Waals surface area contributed by atoms with Crippen molar-refractivity contribution in [2.24, 2.45) is 0 Å². The van der Waals surface area contributed by atoms with Crippen LogP contribution in [0.3, 0.4) is 0 Å². The van der Waals surface area contributed by atoms with Crippen LogP contribution >= 0.6 is 0 Å². The molecule has 0 spiro atoms. The topological polar surface area (TPSA) is 13.6 Å². The van der Waals surface area contributed by atoms with Gasteiger partial charge in [0.1, 0.15) is 11.6 Å². The molecule has 12 heavy (non-hydrogen) atoms. The van der Waals surface area contributed by atoms with Crippen LogP contribution in [0.1, 0.15) is 5.56 Å². The molecule has 0 aliphatic rings. The summed E-state index contributed by atoms with van der Waals surface area (Å²) >= 11 is 0. The van der Waals surface area contributed by atoms with Gasteiger partial charge in [-0.2, -0.15) is 0 Å². The molecule has 1 rings (SSSR count). The van der Waals surface area contributed by atoms with Gasteiger partial charge in [0.05, 0.1) is 12.7 Å². The van der Waals surface area contributed by atoms with Crippen LogP contribution in [0.5, 0.6) is 5.75 Å². The quantitative estimate of drug-likeness (QED) is 0.613. The number of benzene rings is 1. The molecular weight excluding hydrogens is 157 g/mol. The number of rotatable bonds is 2. The molecule has 0 aromatic heterocycles.